The fourth-order valence-corrected chi connectivity index (χ4v) is 1.38. The lowest BCUT2D eigenvalue weighted by Crippen LogP contribution is -2.47. The van der Waals surface area contributed by atoms with Crippen LogP contribution in [0, 0.1) is 5.92 Å². The van der Waals surface area contributed by atoms with Crippen molar-refractivity contribution < 1.29 is 28.6 Å². The maximum Gasteiger partial charge on any atom is 0.323 e. The SMILES string of the molecule is CCOC(=O)CCC1(C)OC(=O)C(C)C(=O)O1. The molecular formula is C11H16O6. The monoisotopic (exact) mass is 244 g/mol. The van der Waals surface area contributed by atoms with Gasteiger partial charge in [0.15, 0.2) is 5.92 Å². The summed E-state index contributed by atoms with van der Waals surface area (Å²) in [6, 6.07) is 0. The maximum atomic E-state index is 11.4. The molecule has 0 atom stereocenters. The van der Waals surface area contributed by atoms with Gasteiger partial charge in [-0.25, -0.2) is 0 Å². The summed E-state index contributed by atoms with van der Waals surface area (Å²) in [6.07, 6.45) is 0.120. The second-order valence-electron chi connectivity index (χ2n) is 4.00. The molecule has 0 radical (unpaired) electrons. The molecule has 1 aliphatic rings. The van der Waals surface area contributed by atoms with Crippen LogP contribution in [0.15, 0.2) is 0 Å². The molecule has 0 aromatic heterocycles. The lowest BCUT2D eigenvalue weighted by Gasteiger charge is -2.34. The Balaban J connectivity index is 2.55. The molecule has 0 aromatic carbocycles. The molecule has 0 bridgehead atoms. The van der Waals surface area contributed by atoms with Gasteiger partial charge in [0.2, 0.25) is 0 Å². The first-order valence-corrected chi connectivity index (χ1v) is 5.49. The van der Waals surface area contributed by atoms with Crippen LogP contribution in [0.2, 0.25) is 0 Å². The first-order chi connectivity index (χ1) is 7.88. The molecule has 6 heteroatoms. The Hall–Kier alpha value is -1.59. The maximum absolute atomic E-state index is 11.4. The molecule has 0 amide bonds. The normalized spacial score (nSPS) is 28.3. The van der Waals surface area contributed by atoms with Gasteiger partial charge in [-0.2, -0.15) is 0 Å². The second kappa shape index (κ2) is 5.16. The number of cyclic esters (lactones) is 2. The first-order valence-electron chi connectivity index (χ1n) is 5.49. The van der Waals surface area contributed by atoms with Crippen molar-refractivity contribution >= 4 is 17.9 Å². The predicted molar refractivity (Wildman–Crippen MR) is 55.6 cm³/mol. The fraction of sp³-hybridized carbons (Fsp3) is 0.727. The van der Waals surface area contributed by atoms with E-state index in [0.717, 1.165) is 0 Å². The van der Waals surface area contributed by atoms with E-state index < -0.39 is 29.6 Å². The minimum absolute atomic E-state index is 0.0271. The molecule has 17 heavy (non-hydrogen) atoms. The molecule has 96 valence electrons. The van der Waals surface area contributed by atoms with Gasteiger partial charge in [0, 0.05) is 13.3 Å². The molecule has 1 heterocycles. The summed E-state index contributed by atoms with van der Waals surface area (Å²) in [5.41, 5.74) is 0. The third-order valence-electron chi connectivity index (χ3n) is 2.43. The smallest absolute Gasteiger partial charge is 0.323 e. The van der Waals surface area contributed by atoms with E-state index in [1.54, 1.807) is 6.92 Å². The van der Waals surface area contributed by atoms with E-state index >= 15 is 0 Å². The summed E-state index contributed by atoms with van der Waals surface area (Å²) in [5, 5.41) is 0. The summed E-state index contributed by atoms with van der Waals surface area (Å²) in [7, 11) is 0. The third kappa shape index (κ3) is 3.44. The van der Waals surface area contributed by atoms with Crippen LogP contribution in [-0.2, 0) is 28.6 Å². The van der Waals surface area contributed by atoms with E-state index in [4.69, 9.17) is 14.2 Å². The molecule has 1 aliphatic heterocycles. The highest BCUT2D eigenvalue weighted by atomic mass is 16.7. The van der Waals surface area contributed by atoms with Crippen molar-refractivity contribution in [2.75, 3.05) is 6.61 Å². The Labute approximate surface area is 99.2 Å². The molecule has 0 unspecified atom stereocenters. The van der Waals surface area contributed by atoms with Gasteiger partial charge in [-0.15, -0.1) is 0 Å². The summed E-state index contributed by atoms with van der Waals surface area (Å²) >= 11 is 0. The van der Waals surface area contributed by atoms with Gasteiger partial charge in [-0.1, -0.05) is 0 Å². The number of ether oxygens (including phenoxy) is 3. The molecule has 1 fully saturated rings. The molecule has 0 N–H and O–H groups in total. The fourth-order valence-electron chi connectivity index (χ4n) is 1.38. The molecule has 1 saturated heterocycles. The van der Waals surface area contributed by atoms with E-state index in [0.29, 0.717) is 0 Å². The van der Waals surface area contributed by atoms with E-state index in [2.05, 4.69) is 0 Å². The first kappa shape index (κ1) is 13.5. The number of carbonyl (C=O) groups excluding carboxylic acids is 3. The summed E-state index contributed by atoms with van der Waals surface area (Å²) < 4.78 is 14.7. The number of carbonyl (C=O) groups is 3. The zero-order valence-corrected chi connectivity index (χ0v) is 10.1. The van der Waals surface area contributed by atoms with Crippen molar-refractivity contribution in [3.8, 4) is 0 Å². The average Bonchev–Trinajstić information content (AvgIpc) is 2.24. The van der Waals surface area contributed by atoms with E-state index in [1.165, 1.54) is 13.8 Å². The van der Waals surface area contributed by atoms with Crippen molar-refractivity contribution in [3.63, 3.8) is 0 Å². The van der Waals surface area contributed by atoms with Crippen LogP contribution >= 0.6 is 0 Å². The van der Waals surface area contributed by atoms with Crippen molar-refractivity contribution in [2.45, 2.75) is 39.4 Å². The van der Waals surface area contributed by atoms with Gasteiger partial charge in [0.05, 0.1) is 13.0 Å². The van der Waals surface area contributed by atoms with Gasteiger partial charge < -0.3 is 14.2 Å². The molecule has 0 aromatic rings. The van der Waals surface area contributed by atoms with Crippen LogP contribution in [0.5, 0.6) is 0 Å². The van der Waals surface area contributed by atoms with Gasteiger partial charge in [-0.05, 0) is 13.8 Å². The molecule has 6 nitrogen and oxygen atoms in total. The van der Waals surface area contributed by atoms with Crippen molar-refractivity contribution in [3.05, 3.63) is 0 Å². The number of hydrogen-bond donors (Lipinski definition) is 0. The molecule has 0 saturated carbocycles. The largest absolute Gasteiger partial charge is 0.466 e. The van der Waals surface area contributed by atoms with Crippen LogP contribution in [0.1, 0.15) is 33.6 Å². The average molecular weight is 244 g/mol. The van der Waals surface area contributed by atoms with E-state index in [1.807, 2.05) is 0 Å². The zero-order valence-electron chi connectivity index (χ0n) is 10.1. The zero-order chi connectivity index (χ0) is 13.1. The lowest BCUT2D eigenvalue weighted by atomic mass is 10.1. The van der Waals surface area contributed by atoms with Gasteiger partial charge in [0.1, 0.15) is 0 Å². The minimum Gasteiger partial charge on any atom is -0.466 e. The summed E-state index contributed by atoms with van der Waals surface area (Å²) in [4.78, 5) is 33.9. The van der Waals surface area contributed by atoms with Crippen LogP contribution in [0.4, 0.5) is 0 Å². The minimum atomic E-state index is -1.37. The summed E-state index contributed by atoms with van der Waals surface area (Å²) in [6.45, 7) is 4.84. The Morgan fingerprint density at radius 1 is 1.35 bits per heavy atom. The third-order valence-corrected chi connectivity index (χ3v) is 2.43. The standard InChI is InChI=1S/C11H16O6/c1-4-15-8(12)5-6-11(3)16-9(13)7(2)10(14)17-11/h7H,4-6H2,1-3H3. The number of hydrogen-bond acceptors (Lipinski definition) is 6. The Bertz CT molecular complexity index is 317. The Morgan fingerprint density at radius 3 is 2.35 bits per heavy atom. The topological polar surface area (TPSA) is 78.9 Å². The molecule has 0 aliphatic carbocycles. The summed E-state index contributed by atoms with van der Waals surface area (Å²) in [5.74, 6) is -3.96. The van der Waals surface area contributed by atoms with E-state index in [9.17, 15) is 14.4 Å². The quantitative estimate of drug-likeness (QED) is 0.537. The van der Waals surface area contributed by atoms with Crippen molar-refractivity contribution in [2.24, 2.45) is 5.92 Å². The van der Waals surface area contributed by atoms with Crippen molar-refractivity contribution in [1.82, 2.24) is 0 Å². The molecule has 1 rings (SSSR count). The molecule has 0 spiro atoms. The lowest BCUT2D eigenvalue weighted by molar-refractivity contribution is -0.247. The number of rotatable bonds is 4. The van der Waals surface area contributed by atoms with Crippen LogP contribution in [-0.4, -0.2) is 30.3 Å². The highest BCUT2D eigenvalue weighted by Crippen LogP contribution is 2.27. The van der Waals surface area contributed by atoms with Crippen molar-refractivity contribution in [1.29, 1.82) is 0 Å². The second-order valence-corrected chi connectivity index (χ2v) is 4.00. The van der Waals surface area contributed by atoms with Gasteiger partial charge >= 0.3 is 17.9 Å². The van der Waals surface area contributed by atoms with Crippen LogP contribution in [0.3, 0.4) is 0 Å². The van der Waals surface area contributed by atoms with Crippen LogP contribution < -0.4 is 0 Å². The predicted octanol–water partition coefficient (Wildman–Crippen LogP) is 0.782. The van der Waals surface area contributed by atoms with Gasteiger partial charge in [0.25, 0.3) is 5.79 Å². The number of esters is 3. The van der Waals surface area contributed by atoms with E-state index in [-0.39, 0.29) is 19.4 Å². The highest BCUT2D eigenvalue weighted by Gasteiger charge is 2.43. The Kier molecular flexibility index (Phi) is 4.09. The highest BCUT2D eigenvalue weighted by molar-refractivity contribution is 5.96. The van der Waals surface area contributed by atoms with Gasteiger partial charge in [-0.3, -0.25) is 14.4 Å². The molecular weight excluding hydrogens is 228 g/mol. The Morgan fingerprint density at radius 2 is 1.88 bits per heavy atom. The van der Waals surface area contributed by atoms with Crippen LogP contribution in [0.25, 0.3) is 0 Å².